The molecular weight excluding hydrogens is 315 g/mol. The fourth-order valence-electron chi connectivity index (χ4n) is 2.40. The second-order valence-corrected chi connectivity index (χ2v) is 5.44. The second kappa shape index (κ2) is 4.98. The molecule has 114 valence electrons. The second-order valence-electron chi connectivity index (χ2n) is 5.00. The highest BCUT2D eigenvalue weighted by Gasteiger charge is 2.39. The van der Waals surface area contributed by atoms with Crippen LogP contribution in [0.3, 0.4) is 0 Å². The van der Waals surface area contributed by atoms with Crippen LogP contribution in [0.5, 0.6) is 0 Å². The quantitative estimate of drug-likeness (QED) is 0.650. The lowest BCUT2D eigenvalue weighted by Crippen LogP contribution is -2.08. The first-order valence-corrected chi connectivity index (χ1v) is 6.85. The first kappa shape index (κ1) is 14.8. The predicted octanol–water partition coefficient (Wildman–Crippen LogP) is 4.69. The molecule has 3 aromatic rings. The van der Waals surface area contributed by atoms with Gasteiger partial charge < -0.3 is 0 Å². The van der Waals surface area contributed by atoms with Gasteiger partial charge in [0.05, 0.1) is 5.56 Å². The Labute approximate surface area is 129 Å². The maximum absolute atomic E-state index is 13.4. The minimum Gasteiger partial charge on any atom is -0.233 e. The fraction of sp³-hybridized carbons (Fsp3) is 0.200. The van der Waals surface area contributed by atoms with E-state index in [0.29, 0.717) is 22.0 Å². The molecule has 3 nitrogen and oxygen atoms in total. The number of benzene rings is 1. The first-order valence-electron chi connectivity index (χ1n) is 6.47. The third-order valence-electron chi connectivity index (χ3n) is 3.30. The van der Waals surface area contributed by atoms with E-state index in [9.17, 15) is 13.2 Å². The number of alkyl halides is 3. The molecule has 0 atom stereocenters. The molecule has 2 aromatic heterocycles. The van der Waals surface area contributed by atoms with E-state index in [1.165, 1.54) is 16.6 Å². The Hall–Kier alpha value is -2.08. The molecule has 0 N–H and O–H groups in total. The monoisotopic (exact) mass is 325 g/mol. The van der Waals surface area contributed by atoms with E-state index in [-0.39, 0.29) is 11.2 Å². The van der Waals surface area contributed by atoms with Crippen molar-refractivity contribution < 1.29 is 13.2 Å². The van der Waals surface area contributed by atoms with Gasteiger partial charge in [-0.05, 0) is 37.6 Å². The molecule has 3 rings (SSSR count). The van der Waals surface area contributed by atoms with Gasteiger partial charge in [-0.15, -0.1) is 0 Å². The maximum Gasteiger partial charge on any atom is 0.435 e. The summed E-state index contributed by atoms with van der Waals surface area (Å²) in [6.07, 6.45) is -4.57. The molecule has 0 bridgehead atoms. The summed E-state index contributed by atoms with van der Waals surface area (Å²) in [6.45, 7) is 3.43. The summed E-state index contributed by atoms with van der Waals surface area (Å²) in [6, 6.07) is 7.85. The van der Waals surface area contributed by atoms with E-state index < -0.39 is 11.9 Å². The molecule has 0 fully saturated rings. The first-order chi connectivity index (χ1) is 10.3. The maximum atomic E-state index is 13.4. The van der Waals surface area contributed by atoms with Gasteiger partial charge in [0.1, 0.15) is 0 Å². The normalized spacial score (nSPS) is 12.1. The Morgan fingerprint density at radius 2 is 1.73 bits per heavy atom. The zero-order valence-electron chi connectivity index (χ0n) is 11.7. The van der Waals surface area contributed by atoms with Crippen LogP contribution in [0.15, 0.2) is 30.3 Å². The molecule has 0 aliphatic carbocycles. The lowest BCUT2D eigenvalue weighted by atomic mass is 10.1. The number of rotatable bonds is 1. The summed E-state index contributed by atoms with van der Waals surface area (Å²) < 4.78 is 41.3. The van der Waals surface area contributed by atoms with Crippen LogP contribution in [0.1, 0.15) is 17.1 Å². The fourth-order valence-corrected chi connectivity index (χ4v) is 2.53. The van der Waals surface area contributed by atoms with Crippen LogP contribution in [0.2, 0.25) is 5.02 Å². The lowest BCUT2D eigenvalue weighted by molar-refractivity contribution is -0.140. The number of fused-ring (bicyclic) bond motifs is 1. The average Bonchev–Trinajstić information content (AvgIpc) is 2.79. The molecule has 0 spiro atoms. The van der Waals surface area contributed by atoms with Crippen molar-refractivity contribution in [2.75, 3.05) is 0 Å². The summed E-state index contributed by atoms with van der Waals surface area (Å²) >= 11 is 5.81. The van der Waals surface area contributed by atoms with E-state index in [1.54, 1.807) is 32.0 Å². The average molecular weight is 326 g/mol. The lowest BCUT2D eigenvalue weighted by Gasteiger charge is -2.06. The molecule has 0 amide bonds. The van der Waals surface area contributed by atoms with Crippen molar-refractivity contribution in [2.45, 2.75) is 20.0 Å². The highest BCUT2D eigenvalue weighted by atomic mass is 35.5. The van der Waals surface area contributed by atoms with Crippen LogP contribution in [0.4, 0.5) is 13.2 Å². The third kappa shape index (κ3) is 2.43. The van der Waals surface area contributed by atoms with Crippen molar-refractivity contribution in [2.24, 2.45) is 0 Å². The topological polar surface area (TPSA) is 30.2 Å². The molecule has 2 heterocycles. The van der Waals surface area contributed by atoms with Gasteiger partial charge in [0.2, 0.25) is 0 Å². The summed E-state index contributed by atoms with van der Waals surface area (Å²) in [4.78, 5) is 4.24. The molecule has 0 saturated heterocycles. The van der Waals surface area contributed by atoms with Gasteiger partial charge in [-0.25, -0.2) is 9.50 Å². The van der Waals surface area contributed by atoms with E-state index >= 15 is 0 Å². The Kier molecular flexibility index (Phi) is 3.36. The summed E-state index contributed by atoms with van der Waals surface area (Å²) in [7, 11) is 0. The van der Waals surface area contributed by atoms with Crippen molar-refractivity contribution in [1.29, 1.82) is 0 Å². The van der Waals surface area contributed by atoms with Gasteiger partial charge in [0, 0.05) is 16.4 Å². The van der Waals surface area contributed by atoms with Gasteiger partial charge in [-0.2, -0.15) is 18.3 Å². The van der Waals surface area contributed by atoms with Crippen molar-refractivity contribution >= 4 is 17.2 Å². The van der Waals surface area contributed by atoms with Gasteiger partial charge in [-0.1, -0.05) is 23.7 Å². The summed E-state index contributed by atoms with van der Waals surface area (Å²) in [5.41, 5.74) is 0.811. The third-order valence-corrected chi connectivity index (χ3v) is 3.55. The molecule has 0 saturated carbocycles. The number of hydrogen-bond donors (Lipinski definition) is 0. The number of hydrogen-bond acceptors (Lipinski definition) is 2. The predicted molar refractivity (Wildman–Crippen MR) is 77.9 cm³/mol. The van der Waals surface area contributed by atoms with E-state index in [0.717, 1.165) is 0 Å². The van der Waals surface area contributed by atoms with E-state index in [4.69, 9.17) is 11.6 Å². The van der Waals surface area contributed by atoms with Crippen molar-refractivity contribution in [1.82, 2.24) is 14.6 Å². The Morgan fingerprint density at radius 1 is 1.09 bits per heavy atom. The minimum absolute atomic E-state index is 0.0315. The Balaban J connectivity index is 2.41. The molecular formula is C15H11ClF3N3. The molecule has 0 unspecified atom stereocenters. The SMILES string of the molecule is Cc1cc(C)n2nc(C(F)(F)F)c(-c3ccc(Cl)cc3)c2n1. The van der Waals surface area contributed by atoms with E-state index in [1.807, 2.05) is 0 Å². The molecule has 0 aliphatic heterocycles. The van der Waals surface area contributed by atoms with Crippen molar-refractivity contribution in [3.63, 3.8) is 0 Å². The standard InChI is InChI=1S/C15H11ClF3N3/c1-8-7-9(2)22-14(20-8)12(13(21-22)15(17,18)19)10-3-5-11(16)6-4-10/h3-7H,1-2H3. The number of nitrogens with zero attached hydrogens (tertiary/aromatic N) is 3. The Bertz CT molecular complexity index is 851. The molecule has 1 aromatic carbocycles. The van der Waals surface area contributed by atoms with Gasteiger partial charge in [0.25, 0.3) is 0 Å². The smallest absolute Gasteiger partial charge is 0.233 e. The van der Waals surface area contributed by atoms with Crippen LogP contribution in [0, 0.1) is 13.8 Å². The van der Waals surface area contributed by atoms with Gasteiger partial charge in [0.15, 0.2) is 11.3 Å². The van der Waals surface area contributed by atoms with Gasteiger partial charge >= 0.3 is 6.18 Å². The number of halogens is 4. The molecule has 7 heteroatoms. The van der Waals surface area contributed by atoms with Crippen LogP contribution in [-0.2, 0) is 6.18 Å². The summed E-state index contributed by atoms with van der Waals surface area (Å²) in [5.74, 6) is 0. The minimum atomic E-state index is -4.57. The van der Waals surface area contributed by atoms with Crippen LogP contribution in [0.25, 0.3) is 16.8 Å². The molecule has 0 radical (unpaired) electrons. The van der Waals surface area contributed by atoms with Crippen LogP contribution < -0.4 is 0 Å². The highest BCUT2D eigenvalue weighted by Crippen LogP contribution is 2.38. The van der Waals surface area contributed by atoms with E-state index in [2.05, 4.69) is 10.1 Å². The highest BCUT2D eigenvalue weighted by molar-refractivity contribution is 6.30. The number of aryl methyl sites for hydroxylation is 2. The zero-order chi connectivity index (χ0) is 16.1. The Morgan fingerprint density at radius 3 is 2.32 bits per heavy atom. The van der Waals surface area contributed by atoms with Crippen LogP contribution >= 0.6 is 11.6 Å². The largest absolute Gasteiger partial charge is 0.435 e. The van der Waals surface area contributed by atoms with Gasteiger partial charge in [-0.3, -0.25) is 0 Å². The molecule has 0 aliphatic rings. The number of aromatic nitrogens is 3. The molecule has 22 heavy (non-hydrogen) atoms. The van der Waals surface area contributed by atoms with Crippen LogP contribution in [-0.4, -0.2) is 14.6 Å². The zero-order valence-corrected chi connectivity index (χ0v) is 12.5. The van der Waals surface area contributed by atoms with Crippen molar-refractivity contribution in [3.8, 4) is 11.1 Å². The van der Waals surface area contributed by atoms with Crippen molar-refractivity contribution in [3.05, 3.63) is 52.4 Å². The summed E-state index contributed by atoms with van der Waals surface area (Å²) in [5, 5.41) is 4.17.